The largest absolute Gasteiger partial charge is 0.465 e. The van der Waals surface area contributed by atoms with E-state index in [0.717, 1.165) is 19.6 Å². The first-order chi connectivity index (χ1) is 9.65. The number of carbonyl (C=O) groups excluding carboxylic acids is 1. The van der Waals surface area contributed by atoms with E-state index in [2.05, 4.69) is 24.1 Å². The van der Waals surface area contributed by atoms with Gasteiger partial charge in [0, 0.05) is 18.7 Å². The Morgan fingerprint density at radius 2 is 2.25 bits per heavy atom. The minimum Gasteiger partial charge on any atom is -0.465 e. The van der Waals surface area contributed by atoms with Crippen LogP contribution in [-0.4, -0.2) is 36.5 Å². The van der Waals surface area contributed by atoms with Crippen LogP contribution in [0, 0.1) is 5.92 Å². The van der Waals surface area contributed by atoms with Crippen LogP contribution in [0.15, 0.2) is 28.9 Å². The van der Waals surface area contributed by atoms with Crippen LogP contribution in [0.25, 0.3) is 6.08 Å². The van der Waals surface area contributed by atoms with Gasteiger partial charge in [-0.05, 0) is 63.9 Å². The standard InChI is InChI=1S/C16H24N2O2/c1-13(2)18-9-7-14(8-10-18)12-17-16(19)6-5-15-4-3-11-20-15/h3-6,11,13-14H,7-10,12H2,1-2H3,(H,17,19)/b6-5+. The predicted molar refractivity (Wildman–Crippen MR) is 80.2 cm³/mol. The number of hydrogen-bond acceptors (Lipinski definition) is 3. The van der Waals surface area contributed by atoms with Crippen LogP contribution in [0.3, 0.4) is 0 Å². The summed E-state index contributed by atoms with van der Waals surface area (Å²) < 4.78 is 5.14. The summed E-state index contributed by atoms with van der Waals surface area (Å²) in [5, 5.41) is 2.97. The van der Waals surface area contributed by atoms with Gasteiger partial charge in [-0.3, -0.25) is 4.79 Å². The third-order valence-electron chi connectivity index (χ3n) is 3.89. The summed E-state index contributed by atoms with van der Waals surface area (Å²) in [6.45, 7) is 7.53. The number of nitrogens with zero attached hydrogens (tertiary/aromatic N) is 1. The molecule has 0 bridgehead atoms. The Hall–Kier alpha value is -1.55. The van der Waals surface area contributed by atoms with Crippen molar-refractivity contribution in [2.45, 2.75) is 32.7 Å². The van der Waals surface area contributed by atoms with Crippen molar-refractivity contribution in [3.63, 3.8) is 0 Å². The summed E-state index contributed by atoms with van der Waals surface area (Å²) in [4.78, 5) is 14.2. The summed E-state index contributed by atoms with van der Waals surface area (Å²) in [5.74, 6) is 1.25. The molecule has 1 aromatic heterocycles. The average Bonchev–Trinajstić information content (AvgIpc) is 2.96. The molecule has 0 atom stereocenters. The molecule has 0 aromatic carbocycles. The van der Waals surface area contributed by atoms with Crippen molar-refractivity contribution in [2.75, 3.05) is 19.6 Å². The van der Waals surface area contributed by atoms with Crippen molar-refractivity contribution in [1.29, 1.82) is 0 Å². The highest BCUT2D eigenvalue weighted by Gasteiger charge is 2.20. The molecule has 1 aliphatic heterocycles. The van der Waals surface area contributed by atoms with E-state index in [4.69, 9.17) is 4.42 Å². The van der Waals surface area contributed by atoms with E-state index >= 15 is 0 Å². The molecular weight excluding hydrogens is 252 g/mol. The Morgan fingerprint density at radius 1 is 1.50 bits per heavy atom. The first-order valence-corrected chi connectivity index (χ1v) is 7.38. The van der Waals surface area contributed by atoms with Crippen LogP contribution in [0.2, 0.25) is 0 Å². The topological polar surface area (TPSA) is 45.5 Å². The molecule has 0 spiro atoms. The molecule has 1 amide bonds. The molecule has 4 nitrogen and oxygen atoms in total. The van der Waals surface area contributed by atoms with Gasteiger partial charge in [0.1, 0.15) is 5.76 Å². The molecule has 2 rings (SSSR count). The van der Waals surface area contributed by atoms with Gasteiger partial charge in [-0.2, -0.15) is 0 Å². The smallest absolute Gasteiger partial charge is 0.244 e. The van der Waals surface area contributed by atoms with Gasteiger partial charge in [-0.1, -0.05) is 0 Å². The van der Waals surface area contributed by atoms with Crippen molar-refractivity contribution < 1.29 is 9.21 Å². The lowest BCUT2D eigenvalue weighted by atomic mass is 9.96. The summed E-state index contributed by atoms with van der Waals surface area (Å²) in [6.07, 6.45) is 7.15. The minimum absolute atomic E-state index is 0.0484. The number of hydrogen-bond donors (Lipinski definition) is 1. The van der Waals surface area contributed by atoms with E-state index in [1.54, 1.807) is 18.4 Å². The van der Waals surface area contributed by atoms with Gasteiger partial charge in [-0.15, -0.1) is 0 Å². The number of nitrogens with one attached hydrogen (secondary N) is 1. The van der Waals surface area contributed by atoms with E-state index < -0.39 is 0 Å². The van der Waals surface area contributed by atoms with Crippen molar-refractivity contribution >= 4 is 12.0 Å². The highest BCUT2D eigenvalue weighted by Crippen LogP contribution is 2.18. The average molecular weight is 276 g/mol. The summed E-state index contributed by atoms with van der Waals surface area (Å²) in [6, 6.07) is 4.26. The zero-order valence-electron chi connectivity index (χ0n) is 12.3. The summed E-state index contributed by atoms with van der Waals surface area (Å²) in [5.41, 5.74) is 0. The Labute approximate surface area is 120 Å². The van der Waals surface area contributed by atoms with Gasteiger partial charge in [0.25, 0.3) is 0 Å². The van der Waals surface area contributed by atoms with E-state index in [0.29, 0.717) is 17.7 Å². The molecule has 1 fully saturated rings. The molecule has 0 saturated carbocycles. The van der Waals surface area contributed by atoms with Crippen molar-refractivity contribution in [2.24, 2.45) is 5.92 Å². The van der Waals surface area contributed by atoms with Crippen molar-refractivity contribution in [3.8, 4) is 0 Å². The Morgan fingerprint density at radius 3 is 2.85 bits per heavy atom. The fraction of sp³-hybridized carbons (Fsp3) is 0.562. The van der Waals surface area contributed by atoms with Gasteiger partial charge in [0.15, 0.2) is 0 Å². The van der Waals surface area contributed by atoms with Gasteiger partial charge in [0.2, 0.25) is 5.91 Å². The molecule has 20 heavy (non-hydrogen) atoms. The third kappa shape index (κ3) is 4.53. The highest BCUT2D eigenvalue weighted by molar-refractivity contribution is 5.91. The molecule has 1 saturated heterocycles. The van der Waals surface area contributed by atoms with Crippen LogP contribution >= 0.6 is 0 Å². The fourth-order valence-corrected chi connectivity index (χ4v) is 2.52. The highest BCUT2D eigenvalue weighted by atomic mass is 16.3. The van der Waals surface area contributed by atoms with Gasteiger partial charge in [0.05, 0.1) is 6.26 Å². The lowest BCUT2D eigenvalue weighted by Gasteiger charge is -2.34. The van der Waals surface area contributed by atoms with E-state index in [-0.39, 0.29) is 5.91 Å². The number of piperidine rings is 1. The third-order valence-corrected chi connectivity index (χ3v) is 3.89. The van der Waals surface area contributed by atoms with Crippen LogP contribution in [-0.2, 0) is 4.79 Å². The zero-order valence-corrected chi connectivity index (χ0v) is 12.3. The van der Waals surface area contributed by atoms with Crippen LogP contribution in [0.4, 0.5) is 0 Å². The van der Waals surface area contributed by atoms with Crippen LogP contribution in [0.1, 0.15) is 32.4 Å². The monoisotopic (exact) mass is 276 g/mol. The molecule has 1 N–H and O–H groups in total. The SMILES string of the molecule is CC(C)N1CCC(CNC(=O)/C=C/c2ccco2)CC1. The molecule has 1 aromatic rings. The van der Waals surface area contributed by atoms with Gasteiger partial charge >= 0.3 is 0 Å². The second-order valence-corrected chi connectivity index (χ2v) is 5.67. The Balaban J connectivity index is 1.67. The first-order valence-electron chi connectivity index (χ1n) is 7.38. The number of likely N-dealkylation sites (tertiary alicyclic amines) is 1. The summed E-state index contributed by atoms with van der Waals surface area (Å²) >= 11 is 0. The Bertz CT molecular complexity index is 429. The lowest BCUT2D eigenvalue weighted by molar-refractivity contribution is -0.116. The maximum Gasteiger partial charge on any atom is 0.244 e. The second-order valence-electron chi connectivity index (χ2n) is 5.67. The first kappa shape index (κ1) is 14.9. The van der Waals surface area contributed by atoms with Crippen LogP contribution in [0.5, 0.6) is 0 Å². The predicted octanol–water partition coefficient (Wildman–Crippen LogP) is 2.53. The van der Waals surface area contributed by atoms with E-state index in [1.165, 1.54) is 18.9 Å². The molecular formula is C16H24N2O2. The second kappa shape index (κ2) is 7.29. The Kier molecular flexibility index (Phi) is 5.41. The summed E-state index contributed by atoms with van der Waals surface area (Å²) in [7, 11) is 0. The minimum atomic E-state index is -0.0484. The normalized spacial score (nSPS) is 17.9. The van der Waals surface area contributed by atoms with E-state index in [9.17, 15) is 4.79 Å². The van der Waals surface area contributed by atoms with Gasteiger partial charge in [-0.25, -0.2) is 0 Å². The number of furan rings is 1. The molecule has 4 heteroatoms. The number of carbonyl (C=O) groups is 1. The molecule has 110 valence electrons. The maximum atomic E-state index is 11.7. The number of amides is 1. The van der Waals surface area contributed by atoms with Crippen LogP contribution < -0.4 is 5.32 Å². The lowest BCUT2D eigenvalue weighted by Crippen LogP contribution is -2.41. The zero-order chi connectivity index (χ0) is 14.4. The molecule has 0 radical (unpaired) electrons. The maximum absolute atomic E-state index is 11.7. The molecule has 1 aliphatic rings. The molecule has 0 unspecified atom stereocenters. The molecule has 2 heterocycles. The number of rotatable bonds is 5. The van der Waals surface area contributed by atoms with Gasteiger partial charge < -0.3 is 14.6 Å². The van der Waals surface area contributed by atoms with Crippen molar-refractivity contribution in [3.05, 3.63) is 30.2 Å². The fourth-order valence-electron chi connectivity index (χ4n) is 2.52. The quantitative estimate of drug-likeness (QED) is 0.841. The molecule has 0 aliphatic carbocycles. The van der Waals surface area contributed by atoms with Crippen molar-refractivity contribution in [1.82, 2.24) is 10.2 Å². The van der Waals surface area contributed by atoms with E-state index in [1.807, 2.05) is 6.07 Å².